The number of pyridine rings is 1. The molecule has 5 rings (SSSR count). The number of halogens is 2. The number of aromatic nitrogens is 3. The number of hydrogen-bond donors (Lipinski definition) is 2. The monoisotopic (exact) mass is 408 g/mol. The summed E-state index contributed by atoms with van der Waals surface area (Å²) in [6, 6.07) is 6.35. The fraction of sp³-hybridized carbons (Fsp3) is 0.0952. The smallest absolute Gasteiger partial charge is 0.323 e. The maximum atomic E-state index is 14.3. The Morgan fingerprint density at radius 3 is 2.73 bits per heavy atom. The second-order valence-corrected chi connectivity index (χ2v) is 6.94. The van der Waals surface area contributed by atoms with Gasteiger partial charge in [0.15, 0.2) is 17.3 Å². The minimum Gasteiger partial charge on any atom is -0.451 e. The predicted molar refractivity (Wildman–Crippen MR) is 107 cm³/mol. The number of ether oxygens (including phenoxy) is 1. The summed E-state index contributed by atoms with van der Waals surface area (Å²) in [6.45, 7) is 0.266. The lowest BCUT2D eigenvalue weighted by molar-refractivity contribution is 0.442. The molecule has 0 fully saturated rings. The fourth-order valence-electron chi connectivity index (χ4n) is 3.62. The van der Waals surface area contributed by atoms with Crippen molar-refractivity contribution in [3.8, 4) is 22.6 Å². The van der Waals surface area contributed by atoms with Gasteiger partial charge in [0.05, 0.1) is 12.1 Å². The SMILES string of the molecule is Cn1cc(-c2ccc3[nH]c(=O)[nH]c3c2Oc2ccc(F)cc2F)c2c(c1=O)CN=C2. The van der Waals surface area contributed by atoms with Gasteiger partial charge in [-0.15, -0.1) is 0 Å². The molecule has 1 aliphatic rings. The minimum absolute atomic E-state index is 0.158. The Morgan fingerprint density at radius 2 is 1.93 bits per heavy atom. The fourth-order valence-corrected chi connectivity index (χ4v) is 3.62. The van der Waals surface area contributed by atoms with Crippen molar-refractivity contribution in [2.45, 2.75) is 6.54 Å². The van der Waals surface area contributed by atoms with Crippen LogP contribution in [0.4, 0.5) is 8.78 Å². The Bertz CT molecular complexity index is 1480. The van der Waals surface area contributed by atoms with Crippen LogP contribution in [0.25, 0.3) is 22.2 Å². The predicted octanol–water partition coefficient (Wildman–Crippen LogP) is 3.22. The number of rotatable bonds is 3. The first-order valence-electron chi connectivity index (χ1n) is 9.03. The van der Waals surface area contributed by atoms with Crippen LogP contribution in [0, 0.1) is 11.6 Å². The van der Waals surface area contributed by atoms with Gasteiger partial charge >= 0.3 is 5.69 Å². The second-order valence-electron chi connectivity index (χ2n) is 6.94. The molecule has 0 spiro atoms. The van der Waals surface area contributed by atoms with Crippen molar-refractivity contribution in [1.82, 2.24) is 14.5 Å². The van der Waals surface area contributed by atoms with Gasteiger partial charge in [0.2, 0.25) is 0 Å². The Kier molecular flexibility index (Phi) is 3.92. The number of hydrogen-bond acceptors (Lipinski definition) is 4. The molecule has 0 unspecified atom stereocenters. The van der Waals surface area contributed by atoms with E-state index in [4.69, 9.17) is 4.74 Å². The van der Waals surface area contributed by atoms with Crippen LogP contribution in [0.3, 0.4) is 0 Å². The van der Waals surface area contributed by atoms with E-state index in [0.29, 0.717) is 39.4 Å². The normalized spacial score (nSPS) is 12.5. The summed E-state index contributed by atoms with van der Waals surface area (Å²) in [5.74, 6) is -1.66. The number of aliphatic imine (C=N–C) groups is 1. The molecule has 9 heteroatoms. The molecule has 0 bridgehead atoms. The highest BCUT2D eigenvalue weighted by atomic mass is 19.1. The molecule has 3 heterocycles. The highest BCUT2D eigenvalue weighted by Crippen LogP contribution is 2.40. The van der Waals surface area contributed by atoms with E-state index in [0.717, 1.165) is 6.07 Å². The lowest BCUT2D eigenvalue weighted by Crippen LogP contribution is -2.21. The third-order valence-electron chi connectivity index (χ3n) is 5.03. The van der Waals surface area contributed by atoms with E-state index in [-0.39, 0.29) is 23.6 Å². The van der Waals surface area contributed by atoms with Crippen LogP contribution < -0.4 is 16.0 Å². The number of aromatic amines is 2. The summed E-state index contributed by atoms with van der Waals surface area (Å²) in [7, 11) is 1.63. The number of imidazole rings is 1. The zero-order valence-corrected chi connectivity index (χ0v) is 15.6. The van der Waals surface area contributed by atoms with Crippen molar-refractivity contribution in [2.75, 3.05) is 0 Å². The molecule has 4 aromatic rings. The van der Waals surface area contributed by atoms with E-state index in [9.17, 15) is 18.4 Å². The van der Waals surface area contributed by atoms with Gasteiger partial charge in [0.1, 0.15) is 11.3 Å². The second kappa shape index (κ2) is 6.51. The lowest BCUT2D eigenvalue weighted by atomic mass is 9.98. The number of nitrogens with one attached hydrogen (secondary N) is 2. The summed E-state index contributed by atoms with van der Waals surface area (Å²) in [5.41, 5.74) is 2.48. The molecule has 0 saturated heterocycles. The molecule has 1 aliphatic heterocycles. The van der Waals surface area contributed by atoms with E-state index in [1.54, 1.807) is 31.6 Å². The number of benzene rings is 2. The lowest BCUT2D eigenvalue weighted by Gasteiger charge is -2.16. The van der Waals surface area contributed by atoms with Crippen LogP contribution in [-0.4, -0.2) is 20.7 Å². The van der Waals surface area contributed by atoms with Crippen LogP contribution in [0.1, 0.15) is 11.1 Å². The van der Waals surface area contributed by atoms with Crippen molar-refractivity contribution >= 4 is 17.2 Å². The van der Waals surface area contributed by atoms with Gasteiger partial charge in [-0.05, 0) is 24.3 Å². The molecule has 30 heavy (non-hydrogen) atoms. The third-order valence-corrected chi connectivity index (χ3v) is 5.03. The number of H-pyrrole nitrogens is 2. The van der Waals surface area contributed by atoms with Gasteiger partial charge in [-0.25, -0.2) is 13.6 Å². The van der Waals surface area contributed by atoms with Crippen molar-refractivity contribution in [3.05, 3.63) is 80.1 Å². The maximum absolute atomic E-state index is 14.3. The van der Waals surface area contributed by atoms with Crippen LogP contribution in [0.15, 0.2) is 51.1 Å². The molecule has 0 saturated carbocycles. The van der Waals surface area contributed by atoms with Crippen molar-refractivity contribution < 1.29 is 13.5 Å². The molecule has 0 radical (unpaired) electrons. The topological polar surface area (TPSA) is 92.2 Å². The Hall–Kier alpha value is -4.01. The molecule has 0 amide bonds. The van der Waals surface area contributed by atoms with Gasteiger partial charge < -0.3 is 19.3 Å². The first-order valence-corrected chi connectivity index (χ1v) is 9.03. The van der Waals surface area contributed by atoms with E-state index < -0.39 is 17.3 Å². The van der Waals surface area contributed by atoms with E-state index >= 15 is 0 Å². The largest absolute Gasteiger partial charge is 0.451 e. The summed E-state index contributed by atoms with van der Waals surface area (Å²) in [5, 5.41) is 0. The maximum Gasteiger partial charge on any atom is 0.323 e. The first-order chi connectivity index (χ1) is 14.4. The first kappa shape index (κ1) is 18.0. The van der Waals surface area contributed by atoms with Gasteiger partial charge in [0.25, 0.3) is 5.56 Å². The van der Waals surface area contributed by atoms with E-state index in [1.807, 2.05) is 0 Å². The van der Waals surface area contributed by atoms with Gasteiger partial charge in [-0.1, -0.05) is 0 Å². The molecule has 2 aromatic carbocycles. The Labute approximate surface area is 167 Å². The van der Waals surface area contributed by atoms with Crippen LogP contribution in [0.2, 0.25) is 0 Å². The zero-order valence-electron chi connectivity index (χ0n) is 15.6. The summed E-state index contributed by atoms with van der Waals surface area (Å²) >= 11 is 0. The Morgan fingerprint density at radius 1 is 1.10 bits per heavy atom. The third kappa shape index (κ3) is 2.74. The standard InChI is InChI=1S/C21H14F2N4O3/c1-27-9-14(12-7-24-8-13(12)20(27)28)11-3-4-16-18(26-21(29)25-16)19(11)30-17-5-2-10(22)6-15(17)23/h2-7,9H,8H2,1H3,(H2,25,26,29). The van der Waals surface area contributed by atoms with Crippen molar-refractivity contribution in [1.29, 1.82) is 0 Å². The minimum atomic E-state index is -0.886. The van der Waals surface area contributed by atoms with E-state index in [1.165, 1.54) is 10.6 Å². The molecule has 7 nitrogen and oxygen atoms in total. The average Bonchev–Trinajstić information content (AvgIpc) is 3.33. The molecule has 150 valence electrons. The molecule has 0 aliphatic carbocycles. The molecule has 0 atom stereocenters. The van der Waals surface area contributed by atoms with Crippen LogP contribution in [0.5, 0.6) is 11.5 Å². The number of aryl methyl sites for hydroxylation is 1. The molecule has 2 N–H and O–H groups in total. The average molecular weight is 408 g/mol. The summed E-state index contributed by atoms with van der Waals surface area (Å²) < 4.78 is 34.9. The number of fused-ring (bicyclic) bond motifs is 2. The van der Waals surface area contributed by atoms with Crippen molar-refractivity contribution in [3.63, 3.8) is 0 Å². The van der Waals surface area contributed by atoms with Gasteiger partial charge in [0, 0.05) is 47.8 Å². The van der Waals surface area contributed by atoms with Crippen LogP contribution >= 0.6 is 0 Å². The van der Waals surface area contributed by atoms with Crippen molar-refractivity contribution in [2.24, 2.45) is 12.0 Å². The quantitative estimate of drug-likeness (QED) is 0.545. The van der Waals surface area contributed by atoms with Crippen LogP contribution in [-0.2, 0) is 13.6 Å². The highest BCUT2D eigenvalue weighted by molar-refractivity contribution is 5.98. The highest BCUT2D eigenvalue weighted by Gasteiger charge is 2.23. The van der Waals surface area contributed by atoms with E-state index in [2.05, 4.69) is 15.0 Å². The van der Waals surface area contributed by atoms with Gasteiger partial charge in [-0.3, -0.25) is 9.79 Å². The summed E-state index contributed by atoms with van der Waals surface area (Å²) in [6.07, 6.45) is 3.25. The molecular formula is C21H14F2N4O3. The zero-order chi connectivity index (χ0) is 21.0. The molecular weight excluding hydrogens is 394 g/mol. The number of nitrogens with zero attached hydrogens (tertiary/aromatic N) is 2. The summed E-state index contributed by atoms with van der Waals surface area (Å²) in [4.78, 5) is 33.8. The Balaban J connectivity index is 1.80. The van der Waals surface area contributed by atoms with Gasteiger partial charge in [-0.2, -0.15) is 0 Å². The molecule has 2 aromatic heterocycles.